The van der Waals surface area contributed by atoms with Crippen molar-refractivity contribution in [2.45, 2.75) is 37.8 Å². The summed E-state index contributed by atoms with van der Waals surface area (Å²) in [6.45, 7) is 3.82. The smallest absolute Gasteiger partial charge is 0.245 e. The van der Waals surface area contributed by atoms with E-state index < -0.39 is 22.0 Å². The summed E-state index contributed by atoms with van der Waals surface area (Å²) in [5.74, 6) is -0.618. The Labute approximate surface area is 139 Å². The number of rotatable bonds is 3. The highest BCUT2D eigenvalue weighted by Gasteiger charge is 2.39. The molecule has 0 bridgehead atoms. The first-order valence-electron chi connectivity index (χ1n) is 7.25. The predicted octanol–water partition coefficient (Wildman–Crippen LogP) is 1.97. The molecule has 1 aliphatic rings. The minimum atomic E-state index is -3.77. The number of thiophene rings is 1. The van der Waals surface area contributed by atoms with Crippen LogP contribution in [0.5, 0.6) is 0 Å². The van der Waals surface area contributed by atoms with Crippen molar-refractivity contribution in [3.8, 4) is 0 Å². The van der Waals surface area contributed by atoms with E-state index in [-0.39, 0.29) is 11.4 Å². The summed E-state index contributed by atoms with van der Waals surface area (Å²) in [5.41, 5.74) is 7.38. The molecule has 1 aliphatic heterocycles. The van der Waals surface area contributed by atoms with E-state index in [4.69, 9.17) is 5.73 Å². The predicted molar refractivity (Wildman–Crippen MR) is 89.7 cm³/mol. The molecule has 1 amide bonds. The molecular weight excluding hydrogens is 332 g/mol. The first-order valence-corrected chi connectivity index (χ1v) is 9.51. The highest BCUT2D eigenvalue weighted by atomic mass is 32.2. The van der Waals surface area contributed by atoms with Gasteiger partial charge in [0.1, 0.15) is 6.04 Å². The highest BCUT2D eigenvalue weighted by Crippen LogP contribution is 2.33. The number of fused-ring (bicyclic) bond motifs is 1. The molecule has 2 heterocycles. The normalized spacial score (nSPS) is 18.6. The number of hydrogen-bond donors (Lipinski definition) is 1. The van der Waals surface area contributed by atoms with Gasteiger partial charge < -0.3 is 5.73 Å². The third-order valence-corrected chi connectivity index (χ3v) is 7.19. The highest BCUT2D eigenvalue weighted by molar-refractivity contribution is 7.89. The topological polar surface area (TPSA) is 80.5 Å². The quantitative estimate of drug-likeness (QED) is 0.919. The zero-order valence-electron chi connectivity index (χ0n) is 12.9. The Balaban J connectivity index is 2.09. The molecule has 23 heavy (non-hydrogen) atoms. The number of carbonyl (C=O) groups is 1. The Morgan fingerprint density at radius 3 is 2.48 bits per heavy atom. The van der Waals surface area contributed by atoms with Gasteiger partial charge in [-0.3, -0.25) is 4.79 Å². The molecule has 1 aromatic carbocycles. The van der Waals surface area contributed by atoms with Crippen LogP contribution in [0.3, 0.4) is 0 Å². The number of hydrogen-bond acceptors (Lipinski definition) is 4. The van der Waals surface area contributed by atoms with Crippen LogP contribution in [-0.4, -0.2) is 24.7 Å². The molecule has 7 heteroatoms. The lowest BCUT2D eigenvalue weighted by Crippen LogP contribution is -2.51. The molecule has 0 aliphatic carbocycles. The van der Waals surface area contributed by atoms with Gasteiger partial charge in [-0.25, -0.2) is 8.42 Å². The van der Waals surface area contributed by atoms with E-state index in [0.29, 0.717) is 6.42 Å². The minimum Gasteiger partial charge on any atom is -0.368 e. The molecule has 122 valence electrons. The van der Waals surface area contributed by atoms with Gasteiger partial charge in [0.25, 0.3) is 0 Å². The fourth-order valence-corrected chi connectivity index (χ4v) is 6.08. The molecule has 0 fully saturated rings. The molecule has 2 aromatic rings. The summed E-state index contributed by atoms with van der Waals surface area (Å²) >= 11 is 1.43. The molecule has 0 saturated heterocycles. The SMILES string of the molecule is Cc1cc(S(=O)(=O)N2Cc3ccccc3C[C@@H]2C(N)=O)c(C)s1. The van der Waals surface area contributed by atoms with E-state index >= 15 is 0 Å². The molecule has 2 N–H and O–H groups in total. The van der Waals surface area contributed by atoms with Crippen LogP contribution in [0.25, 0.3) is 0 Å². The molecule has 0 radical (unpaired) electrons. The Bertz CT molecular complexity index is 871. The van der Waals surface area contributed by atoms with Crippen LogP contribution in [0.15, 0.2) is 35.2 Å². The standard InChI is InChI=1S/C16H18N2O3S2/c1-10-7-15(11(2)22-10)23(20,21)18-9-13-6-4-3-5-12(13)8-14(18)16(17)19/h3-7,14H,8-9H2,1-2H3,(H2,17,19)/t14-/m1/s1. The van der Waals surface area contributed by atoms with Crippen molar-refractivity contribution in [1.29, 1.82) is 0 Å². The maximum atomic E-state index is 13.1. The summed E-state index contributed by atoms with van der Waals surface area (Å²) < 4.78 is 27.4. The summed E-state index contributed by atoms with van der Waals surface area (Å²) in [4.78, 5) is 13.8. The maximum absolute atomic E-state index is 13.1. The van der Waals surface area contributed by atoms with Gasteiger partial charge in [0.2, 0.25) is 15.9 Å². The lowest BCUT2D eigenvalue weighted by atomic mass is 9.96. The van der Waals surface area contributed by atoms with Crippen molar-refractivity contribution < 1.29 is 13.2 Å². The minimum absolute atomic E-state index is 0.167. The van der Waals surface area contributed by atoms with Crippen molar-refractivity contribution in [2.24, 2.45) is 5.73 Å². The maximum Gasteiger partial charge on any atom is 0.245 e. The first kappa shape index (κ1) is 16.2. The number of aryl methyl sites for hydroxylation is 2. The third kappa shape index (κ3) is 2.80. The molecule has 1 aromatic heterocycles. The van der Waals surface area contributed by atoms with Crippen molar-refractivity contribution in [2.75, 3.05) is 0 Å². The van der Waals surface area contributed by atoms with Crippen molar-refractivity contribution in [3.05, 3.63) is 51.2 Å². The third-order valence-electron chi connectivity index (χ3n) is 4.12. The average Bonchev–Trinajstić information content (AvgIpc) is 2.85. The average molecular weight is 350 g/mol. The molecule has 5 nitrogen and oxygen atoms in total. The Hall–Kier alpha value is -1.70. The van der Waals surface area contributed by atoms with Crippen LogP contribution in [-0.2, 0) is 27.8 Å². The van der Waals surface area contributed by atoms with Gasteiger partial charge in [-0.05, 0) is 37.5 Å². The van der Waals surface area contributed by atoms with Crippen LogP contribution in [0.4, 0.5) is 0 Å². The van der Waals surface area contributed by atoms with Crippen LogP contribution in [0.1, 0.15) is 20.9 Å². The fraction of sp³-hybridized carbons (Fsp3) is 0.312. The fourth-order valence-electron chi connectivity index (χ4n) is 2.98. The van der Waals surface area contributed by atoms with Gasteiger partial charge in [-0.15, -0.1) is 11.3 Å². The van der Waals surface area contributed by atoms with E-state index in [1.165, 1.54) is 15.6 Å². The second-order valence-corrected chi connectivity index (χ2v) is 9.04. The summed E-state index contributed by atoms with van der Waals surface area (Å²) in [6, 6.07) is 8.36. The second-order valence-electron chi connectivity index (χ2n) is 5.72. The molecule has 0 spiro atoms. The Morgan fingerprint density at radius 1 is 1.26 bits per heavy atom. The number of nitrogens with zero attached hydrogens (tertiary/aromatic N) is 1. The van der Waals surface area contributed by atoms with Crippen LogP contribution >= 0.6 is 11.3 Å². The van der Waals surface area contributed by atoms with Crippen molar-refractivity contribution >= 4 is 27.3 Å². The van der Waals surface area contributed by atoms with Crippen LogP contribution in [0.2, 0.25) is 0 Å². The number of sulfonamides is 1. The Morgan fingerprint density at radius 2 is 1.91 bits per heavy atom. The van der Waals surface area contributed by atoms with Crippen LogP contribution in [0, 0.1) is 13.8 Å². The first-order chi connectivity index (χ1) is 10.8. The lowest BCUT2D eigenvalue weighted by Gasteiger charge is -2.34. The van der Waals surface area contributed by atoms with Gasteiger partial charge in [-0.1, -0.05) is 24.3 Å². The number of benzene rings is 1. The Kier molecular flexibility index (Phi) is 4.03. The molecule has 0 saturated carbocycles. The van der Waals surface area contributed by atoms with Gasteiger partial charge in [0.15, 0.2) is 0 Å². The van der Waals surface area contributed by atoms with Crippen molar-refractivity contribution in [3.63, 3.8) is 0 Å². The summed E-state index contributed by atoms with van der Waals surface area (Å²) in [5, 5.41) is 0. The molecule has 3 rings (SSSR count). The van der Waals surface area contributed by atoms with Gasteiger partial charge in [0.05, 0.1) is 4.90 Å². The number of carbonyl (C=O) groups excluding carboxylic acids is 1. The molecule has 1 atom stereocenters. The van der Waals surface area contributed by atoms with E-state index in [1.807, 2.05) is 31.2 Å². The van der Waals surface area contributed by atoms with E-state index in [9.17, 15) is 13.2 Å². The van der Waals surface area contributed by atoms with E-state index in [0.717, 1.165) is 20.9 Å². The monoisotopic (exact) mass is 350 g/mol. The largest absolute Gasteiger partial charge is 0.368 e. The zero-order chi connectivity index (χ0) is 16.8. The van der Waals surface area contributed by atoms with Gasteiger partial charge in [-0.2, -0.15) is 4.31 Å². The van der Waals surface area contributed by atoms with Crippen molar-refractivity contribution in [1.82, 2.24) is 4.31 Å². The molecular formula is C16H18N2O3S2. The summed E-state index contributed by atoms with van der Waals surface area (Å²) in [7, 11) is -3.77. The van der Waals surface area contributed by atoms with Gasteiger partial charge >= 0.3 is 0 Å². The van der Waals surface area contributed by atoms with Crippen LogP contribution < -0.4 is 5.73 Å². The van der Waals surface area contributed by atoms with E-state index in [2.05, 4.69) is 0 Å². The number of primary amides is 1. The second kappa shape index (κ2) is 5.74. The zero-order valence-corrected chi connectivity index (χ0v) is 14.6. The summed E-state index contributed by atoms with van der Waals surface area (Å²) in [6.07, 6.45) is 0.312. The number of amides is 1. The van der Waals surface area contributed by atoms with E-state index in [1.54, 1.807) is 13.0 Å². The lowest BCUT2D eigenvalue weighted by molar-refractivity contribution is -0.122. The van der Waals surface area contributed by atoms with Gasteiger partial charge in [0, 0.05) is 16.3 Å². The molecule has 0 unspecified atom stereocenters. The number of nitrogens with two attached hydrogens (primary N) is 1.